The number of carbonyl (C=O) groups is 2. The lowest BCUT2D eigenvalue weighted by Crippen LogP contribution is -2.46. The number of aromatic hydroxyl groups is 1. The van der Waals surface area contributed by atoms with Crippen molar-refractivity contribution in [2.45, 2.75) is 16.8 Å². The van der Waals surface area contributed by atoms with Crippen LogP contribution >= 0.6 is 34.9 Å². The third-order valence-corrected chi connectivity index (χ3v) is 7.28. The van der Waals surface area contributed by atoms with E-state index in [4.69, 9.17) is 4.74 Å². The lowest BCUT2D eigenvalue weighted by Gasteiger charge is -2.16. The quantitative estimate of drug-likeness (QED) is 0.208. The second-order valence-electron chi connectivity index (χ2n) is 6.80. The number of hydrogen-bond donors (Lipinski definition) is 3. The molecule has 1 heterocycles. The fraction of sp³-hybridized carbons (Fsp3) is 0.273. The van der Waals surface area contributed by atoms with Gasteiger partial charge in [0, 0.05) is 0 Å². The number of benzene rings is 2. The number of aromatic nitrogens is 1. The Kier molecular flexibility index (Phi) is 9.40. The molecule has 0 saturated carbocycles. The SMILES string of the molecule is COc1cc(/C=N/NC(=O)C(CCSC)NC(=O)CSc2nc3ccccc3s2)ccc1O. The number of fused-ring (bicyclic) bond motifs is 1. The average Bonchev–Trinajstić information content (AvgIpc) is 3.24. The number of hydrogen-bond acceptors (Lipinski definition) is 9. The Bertz CT molecular complexity index is 1100. The molecule has 0 spiro atoms. The van der Waals surface area contributed by atoms with E-state index in [1.807, 2.05) is 30.5 Å². The number of thioether (sulfide) groups is 2. The topological polar surface area (TPSA) is 113 Å². The molecule has 2 aromatic carbocycles. The molecule has 2 amide bonds. The van der Waals surface area contributed by atoms with Crippen LogP contribution in [-0.2, 0) is 9.59 Å². The summed E-state index contributed by atoms with van der Waals surface area (Å²) in [5.41, 5.74) is 4.02. The van der Waals surface area contributed by atoms with Crippen LogP contribution in [0.5, 0.6) is 11.5 Å². The van der Waals surface area contributed by atoms with Crippen molar-refractivity contribution in [1.29, 1.82) is 0 Å². The summed E-state index contributed by atoms with van der Waals surface area (Å²) < 4.78 is 6.94. The van der Waals surface area contributed by atoms with Crippen LogP contribution in [0.4, 0.5) is 0 Å². The zero-order valence-electron chi connectivity index (χ0n) is 18.1. The van der Waals surface area contributed by atoms with Crippen molar-refractivity contribution in [3.8, 4) is 11.5 Å². The van der Waals surface area contributed by atoms with Gasteiger partial charge < -0.3 is 15.2 Å². The molecule has 0 aliphatic carbocycles. The first-order valence-corrected chi connectivity index (χ1v) is 13.2. The summed E-state index contributed by atoms with van der Waals surface area (Å²) >= 11 is 4.48. The number of ether oxygens (including phenoxy) is 1. The Morgan fingerprint density at radius 1 is 1.30 bits per heavy atom. The third-order valence-electron chi connectivity index (χ3n) is 4.46. The second kappa shape index (κ2) is 12.5. The van der Waals surface area contributed by atoms with Crippen molar-refractivity contribution in [2.75, 3.05) is 24.9 Å². The summed E-state index contributed by atoms with van der Waals surface area (Å²) in [6.07, 6.45) is 3.86. The van der Waals surface area contributed by atoms with E-state index in [9.17, 15) is 14.7 Å². The molecule has 0 radical (unpaired) electrons. The maximum absolute atomic E-state index is 12.6. The highest BCUT2D eigenvalue weighted by Crippen LogP contribution is 2.29. The number of para-hydroxylation sites is 1. The molecule has 174 valence electrons. The molecular weight excluding hydrogens is 480 g/mol. The Labute approximate surface area is 204 Å². The standard InChI is InChI=1S/C22H24N4O4S3/c1-30-18-11-14(7-8-17(18)27)12-23-26-21(29)16(9-10-31-2)24-20(28)13-32-22-25-15-5-3-4-6-19(15)33-22/h3-8,11-12,16,27H,9-10,13H2,1-2H3,(H,24,28)(H,26,29)/b23-12+. The van der Waals surface area contributed by atoms with Gasteiger partial charge in [0.25, 0.3) is 5.91 Å². The summed E-state index contributed by atoms with van der Waals surface area (Å²) in [5, 5.41) is 16.4. The van der Waals surface area contributed by atoms with Gasteiger partial charge in [-0.2, -0.15) is 16.9 Å². The van der Waals surface area contributed by atoms with E-state index in [2.05, 4.69) is 20.8 Å². The maximum Gasteiger partial charge on any atom is 0.262 e. The van der Waals surface area contributed by atoms with Gasteiger partial charge in [-0.25, -0.2) is 10.4 Å². The molecule has 3 rings (SSSR count). The first kappa shape index (κ1) is 24.9. The van der Waals surface area contributed by atoms with Crippen LogP contribution in [0.2, 0.25) is 0 Å². The van der Waals surface area contributed by atoms with Crippen LogP contribution in [0.25, 0.3) is 10.2 Å². The molecule has 11 heteroatoms. The number of nitrogens with zero attached hydrogens (tertiary/aromatic N) is 2. The fourth-order valence-electron chi connectivity index (χ4n) is 2.80. The normalized spacial score (nSPS) is 12.1. The van der Waals surface area contributed by atoms with E-state index >= 15 is 0 Å². The highest BCUT2D eigenvalue weighted by molar-refractivity contribution is 8.01. The Morgan fingerprint density at radius 3 is 2.88 bits per heavy atom. The predicted octanol–water partition coefficient (Wildman–Crippen LogP) is 3.49. The molecule has 0 bridgehead atoms. The van der Waals surface area contributed by atoms with Crippen molar-refractivity contribution in [3.63, 3.8) is 0 Å². The summed E-state index contributed by atoms with van der Waals surface area (Å²) in [7, 11) is 1.45. The van der Waals surface area contributed by atoms with Crippen molar-refractivity contribution in [1.82, 2.24) is 15.7 Å². The number of rotatable bonds is 11. The van der Waals surface area contributed by atoms with Gasteiger partial charge in [-0.05, 0) is 54.3 Å². The summed E-state index contributed by atoms with van der Waals surface area (Å²) in [6, 6.07) is 11.8. The molecule has 1 unspecified atom stereocenters. The van der Waals surface area contributed by atoms with Crippen molar-refractivity contribution in [2.24, 2.45) is 5.10 Å². The lowest BCUT2D eigenvalue weighted by molar-refractivity contribution is -0.127. The van der Waals surface area contributed by atoms with Gasteiger partial charge in [0.15, 0.2) is 15.8 Å². The van der Waals surface area contributed by atoms with E-state index in [0.29, 0.717) is 23.5 Å². The van der Waals surface area contributed by atoms with Gasteiger partial charge >= 0.3 is 0 Å². The zero-order chi connectivity index (χ0) is 23.6. The number of amides is 2. The number of carbonyl (C=O) groups excluding carboxylic acids is 2. The molecule has 1 atom stereocenters. The molecule has 0 saturated heterocycles. The van der Waals surface area contributed by atoms with E-state index in [-0.39, 0.29) is 17.4 Å². The van der Waals surface area contributed by atoms with Gasteiger partial charge in [-0.3, -0.25) is 9.59 Å². The van der Waals surface area contributed by atoms with Crippen molar-refractivity contribution >= 4 is 63.1 Å². The summed E-state index contributed by atoms with van der Waals surface area (Å²) in [5.74, 6) is 0.558. The first-order valence-electron chi connectivity index (χ1n) is 9.96. The Hall–Kier alpha value is -2.76. The Morgan fingerprint density at radius 2 is 2.12 bits per heavy atom. The lowest BCUT2D eigenvalue weighted by atomic mass is 10.2. The van der Waals surface area contributed by atoms with Gasteiger partial charge in [-0.15, -0.1) is 11.3 Å². The van der Waals surface area contributed by atoms with Crippen LogP contribution in [-0.4, -0.2) is 59.0 Å². The van der Waals surface area contributed by atoms with Crippen LogP contribution in [0.1, 0.15) is 12.0 Å². The molecule has 33 heavy (non-hydrogen) atoms. The number of methoxy groups -OCH3 is 1. The summed E-state index contributed by atoms with van der Waals surface area (Å²) in [4.78, 5) is 29.6. The van der Waals surface area contributed by atoms with E-state index in [1.54, 1.807) is 23.9 Å². The molecule has 3 aromatic rings. The van der Waals surface area contributed by atoms with E-state index in [0.717, 1.165) is 14.6 Å². The monoisotopic (exact) mass is 504 g/mol. The van der Waals surface area contributed by atoms with E-state index < -0.39 is 11.9 Å². The van der Waals surface area contributed by atoms with Crippen LogP contribution < -0.4 is 15.5 Å². The van der Waals surface area contributed by atoms with Crippen LogP contribution in [0.3, 0.4) is 0 Å². The fourth-order valence-corrected chi connectivity index (χ4v) is 5.15. The highest BCUT2D eigenvalue weighted by Gasteiger charge is 2.20. The molecule has 8 nitrogen and oxygen atoms in total. The van der Waals surface area contributed by atoms with E-state index in [1.165, 1.54) is 42.5 Å². The number of thiazole rings is 1. The largest absolute Gasteiger partial charge is 0.504 e. The minimum atomic E-state index is -0.701. The number of phenolic OH excluding ortho intramolecular Hbond substituents is 1. The number of hydrazone groups is 1. The first-order chi connectivity index (χ1) is 16.0. The molecule has 1 aromatic heterocycles. The molecule has 0 fully saturated rings. The smallest absolute Gasteiger partial charge is 0.262 e. The maximum atomic E-state index is 12.6. The Balaban J connectivity index is 1.54. The van der Waals surface area contributed by atoms with Gasteiger partial charge in [0.2, 0.25) is 5.91 Å². The zero-order valence-corrected chi connectivity index (χ0v) is 20.6. The van der Waals surface area contributed by atoms with Gasteiger partial charge in [0.05, 0.1) is 29.3 Å². The molecule has 3 N–H and O–H groups in total. The highest BCUT2D eigenvalue weighted by atomic mass is 32.2. The van der Waals surface area contributed by atoms with Crippen molar-refractivity contribution in [3.05, 3.63) is 48.0 Å². The minimum Gasteiger partial charge on any atom is -0.504 e. The predicted molar refractivity (Wildman–Crippen MR) is 136 cm³/mol. The number of nitrogens with one attached hydrogen (secondary N) is 2. The van der Waals surface area contributed by atoms with Crippen LogP contribution in [0.15, 0.2) is 51.9 Å². The summed E-state index contributed by atoms with van der Waals surface area (Å²) in [6.45, 7) is 0. The van der Waals surface area contributed by atoms with Gasteiger partial charge in [-0.1, -0.05) is 23.9 Å². The van der Waals surface area contributed by atoms with Gasteiger partial charge in [0.1, 0.15) is 6.04 Å². The van der Waals surface area contributed by atoms with Crippen LogP contribution in [0, 0.1) is 0 Å². The number of phenols is 1. The third kappa shape index (κ3) is 7.37. The van der Waals surface area contributed by atoms with Crippen molar-refractivity contribution < 1.29 is 19.4 Å². The minimum absolute atomic E-state index is 0.0160. The molecular formula is C22H24N4O4S3. The average molecular weight is 505 g/mol. The molecule has 0 aliphatic heterocycles. The molecule has 0 aliphatic rings. The second-order valence-corrected chi connectivity index (χ2v) is 10.0.